The van der Waals surface area contributed by atoms with Crippen LogP contribution in [0, 0.1) is 0 Å². The minimum atomic E-state index is -2.55. The number of aldehydes is 3. The Bertz CT molecular complexity index is 1640. The number of carboxylic acid groups (broad SMARTS) is 5. The molecule has 1 fully saturated rings. The van der Waals surface area contributed by atoms with Crippen molar-refractivity contribution in [2.45, 2.75) is 112 Å². The van der Waals surface area contributed by atoms with Crippen molar-refractivity contribution in [1.29, 1.82) is 0 Å². The third kappa shape index (κ3) is 31.3. The summed E-state index contributed by atoms with van der Waals surface area (Å²) < 4.78 is 4.50. The van der Waals surface area contributed by atoms with Gasteiger partial charge in [-0.05, 0) is 68.1 Å². The zero-order valence-corrected chi connectivity index (χ0v) is 43.0. The fourth-order valence-corrected chi connectivity index (χ4v) is 6.13. The number of thioether (sulfide) groups is 3. The summed E-state index contributed by atoms with van der Waals surface area (Å²) in [6, 6.07) is -2.39. The van der Waals surface area contributed by atoms with Crippen LogP contribution in [0.3, 0.4) is 0 Å². The van der Waals surface area contributed by atoms with Crippen molar-refractivity contribution in [3.63, 3.8) is 0 Å². The molecule has 0 saturated carbocycles. The van der Waals surface area contributed by atoms with E-state index < -0.39 is 134 Å². The molecule has 0 bridgehead atoms. The zero-order chi connectivity index (χ0) is 52.2. The number of carbonyl (C=O) groups is 12. The highest BCUT2D eigenvalue weighted by atomic mass is 128. The second kappa shape index (κ2) is 38.4. The van der Waals surface area contributed by atoms with Crippen molar-refractivity contribution in [2.75, 3.05) is 36.0 Å². The Morgan fingerprint density at radius 2 is 1.10 bits per heavy atom. The molecule has 6 atom stereocenters. The number of aliphatic carboxylic acids is 5. The Hall–Kier alpha value is -3.45. The molecule has 0 aliphatic carbocycles. The summed E-state index contributed by atoms with van der Waals surface area (Å²) in [5.74, 6) is -9.38. The van der Waals surface area contributed by atoms with E-state index in [4.69, 9.17) is 40.0 Å². The number of nitrogens with one attached hydrogen (secondary N) is 3. The number of hydrogen-bond acceptors (Lipinski definition) is 24. The Balaban J connectivity index is -0.00000114. The maximum atomic E-state index is 12.7. The van der Waals surface area contributed by atoms with Crippen LogP contribution >= 0.6 is 72.5 Å². The van der Waals surface area contributed by atoms with Gasteiger partial charge in [-0.1, -0.05) is 0 Å². The summed E-state index contributed by atoms with van der Waals surface area (Å²) in [6.07, 6.45) is 3.15. The van der Waals surface area contributed by atoms with Crippen LogP contribution in [0.5, 0.6) is 0 Å². The maximum absolute atomic E-state index is 12.7. The Labute approximate surface area is 419 Å². The monoisotopic (exact) mass is 1250 g/mol. The number of rotatable bonds is 33. The number of hydroxylamine groups is 3. The number of cyclic esters (lactones) is 1. The average molecular weight is 1250 g/mol. The summed E-state index contributed by atoms with van der Waals surface area (Å²) in [6.45, 7) is 0. The zero-order valence-electron chi connectivity index (χ0n) is 36.2. The molecule has 1 aliphatic rings. The van der Waals surface area contributed by atoms with Crippen LogP contribution in [-0.4, -0.2) is 179 Å². The molecule has 1 heterocycles. The Morgan fingerprint density at radius 1 is 0.672 bits per heavy atom. The van der Waals surface area contributed by atoms with Crippen LogP contribution in [0.4, 0.5) is 0 Å². The summed E-state index contributed by atoms with van der Waals surface area (Å²) in [5, 5.41) is 62.4. The molecule has 31 heteroatoms. The lowest BCUT2D eigenvalue weighted by Crippen LogP contribution is -2.48. The maximum Gasteiger partial charge on any atom is 0.357 e. The number of aliphatic hydroxyl groups is 2. The van der Waals surface area contributed by atoms with Gasteiger partial charge in [0.05, 0.1) is 43.8 Å². The van der Waals surface area contributed by atoms with E-state index in [1.165, 1.54) is 35.3 Å². The van der Waals surface area contributed by atoms with Crippen LogP contribution in [0.25, 0.3) is 0 Å². The van der Waals surface area contributed by atoms with E-state index in [9.17, 15) is 67.7 Å². The molecule has 0 aromatic rings. The fourth-order valence-electron chi connectivity index (χ4n) is 4.66. The van der Waals surface area contributed by atoms with E-state index in [0.29, 0.717) is 55.4 Å². The minimum absolute atomic E-state index is 0.0421. The Morgan fingerprint density at radius 3 is 1.45 bits per heavy atom. The molecule has 67 heavy (non-hydrogen) atoms. The SMILES string of the molecule is CSCC[C@H](C=O)NOC(=O)CC[C@@](O)(CC(=O)ON[C@@H](C=O)CCSC)C(=O)ON[C@@H](C=O)CCSC.II.O=C(O)CC[C@@](O)(CC(=O)O)C(=O)O.O=C(O)C[C@@]1(C(=O)O)CCC(=O)O1. The summed E-state index contributed by atoms with van der Waals surface area (Å²) in [4.78, 5) is 148. The van der Waals surface area contributed by atoms with Gasteiger partial charge in [-0.2, -0.15) is 35.3 Å². The molecule has 0 amide bonds. The van der Waals surface area contributed by atoms with Crippen molar-refractivity contribution < 1.29 is 113 Å². The lowest BCUT2D eigenvalue weighted by atomic mass is 9.94. The second-order valence-corrected chi connectivity index (χ2v) is 16.6. The normalized spacial score (nSPS) is 16.7. The molecule has 1 aliphatic heterocycles. The number of carbonyl (C=O) groups excluding carboxylic acids is 7. The van der Waals surface area contributed by atoms with Gasteiger partial charge in [0, 0.05) is 56.5 Å². The topological polar surface area (TPSA) is 419 Å². The van der Waals surface area contributed by atoms with E-state index in [-0.39, 0.29) is 12.8 Å². The van der Waals surface area contributed by atoms with Gasteiger partial charge in [0.2, 0.25) is 5.60 Å². The first-order valence-electron chi connectivity index (χ1n) is 19.1. The van der Waals surface area contributed by atoms with Crippen LogP contribution in [-0.2, 0) is 76.8 Å². The second-order valence-electron chi connectivity index (χ2n) is 13.6. The molecule has 1 rings (SSSR count). The van der Waals surface area contributed by atoms with Crippen molar-refractivity contribution in [3.05, 3.63) is 0 Å². The average Bonchev–Trinajstić information content (AvgIpc) is 3.66. The van der Waals surface area contributed by atoms with E-state index in [1.54, 1.807) is 0 Å². The molecule has 1 saturated heterocycles. The van der Waals surface area contributed by atoms with Gasteiger partial charge in [-0.25, -0.2) is 14.4 Å². The van der Waals surface area contributed by atoms with Crippen molar-refractivity contribution in [1.82, 2.24) is 16.4 Å². The highest BCUT2D eigenvalue weighted by Gasteiger charge is 2.49. The van der Waals surface area contributed by atoms with Crippen LogP contribution in [0.1, 0.15) is 77.0 Å². The van der Waals surface area contributed by atoms with Gasteiger partial charge in [-0.3, -0.25) is 28.8 Å². The van der Waals surface area contributed by atoms with Gasteiger partial charge in [-0.15, -0.1) is 16.4 Å². The van der Waals surface area contributed by atoms with Gasteiger partial charge >= 0.3 is 53.7 Å². The van der Waals surface area contributed by atoms with E-state index in [0.717, 1.165) is 0 Å². The minimum Gasteiger partial charge on any atom is -0.481 e. The summed E-state index contributed by atoms with van der Waals surface area (Å²) in [7, 11) is 0. The van der Waals surface area contributed by atoms with Gasteiger partial charge in [0.1, 0.15) is 18.9 Å². The quantitative estimate of drug-likeness (QED) is 0.0141. The largest absolute Gasteiger partial charge is 0.481 e. The third-order valence-electron chi connectivity index (χ3n) is 8.37. The summed E-state index contributed by atoms with van der Waals surface area (Å²) >= 11 is 8.70. The fraction of sp³-hybridized carbons (Fsp3) is 0.667. The Kier molecular flexibility index (Phi) is 38.9. The molecule has 0 aromatic heterocycles. The molecular weight excluding hydrogens is 1190 g/mol. The lowest BCUT2D eigenvalue weighted by Gasteiger charge is -2.25. The van der Waals surface area contributed by atoms with Crippen molar-refractivity contribution in [3.8, 4) is 0 Å². The van der Waals surface area contributed by atoms with Gasteiger partial charge < -0.3 is 69.4 Å². The lowest BCUT2D eigenvalue weighted by molar-refractivity contribution is -0.184. The highest BCUT2D eigenvalue weighted by molar-refractivity contribution is 15.0. The van der Waals surface area contributed by atoms with E-state index in [1.807, 2.05) is 18.8 Å². The predicted molar refractivity (Wildman–Crippen MR) is 253 cm³/mol. The summed E-state index contributed by atoms with van der Waals surface area (Å²) in [5.41, 5.74) is -0.0663. The van der Waals surface area contributed by atoms with E-state index >= 15 is 0 Å². The number of hydrogen-bond donors (Lipinski definition) is 10. The number of halogens is 2. The van der Waals surface area contributed by atoms with Crippen LogP contribution < -0.4 is 16.4 Å². The van der Waals surface area contributed by atoms with E-state index in [2.05, 4.69) is 58.4 Å². The highest BCUT2D eigenvalue weighted by Crippen LogP contribution is 2.30. The molecule has 384 valence electrons. The molecular formula is C36H55I2N3O23S3. The first-order chi connectivity index (χ1) is 31.4. The molecule has 0 unspecified atom stereocenters. The standard InChI is InChI=1S/C22H37N3O10S3.C7H10O7.C7H8O6.I2/c1-36-9-5-16(13-26)23-33-19(29)4-8-22(32,21(31)35-25-18(15-28)7-11-38-3)12-20(30)34-24-17(14-27)6-10-37-2;8-4(9)1-2-7(14,6(12)13)3-5(10)11;8-4(9)3-7(6(11)12)2-1-5(10)13-7;1-2/h13-18,23-25,32H,4-12H2,1-3H3;14H,1-3H2,(H,8,9)(H,10,11)(H,12,13);1-3H2,(H,8,9)(H,11,12);/t16-,17-,18-,22-;2*7-;/m111./s1. The molecule has 10 N–H and O–H groups in total. The van der Waals surface area contributed by atoms with Crippen molar-refractivity contribution in [2.24, 2.45) is 0 Å². The first-order valence-corrected chi connectivity index (χ1v) is 29.5. The van der Waals surface area contributed by atoms with Gasteiger partial charge in [0.25, 0.3) is 0 Å². The number of ether oxygens (including phenoxy) is 1. The smallest absolute Gasteiger partial charge is 0.357 e. The number of esters is 1. The van der Waals surface area contributed by atoms with Crippen molar-refractivity contribution >= 4 is 145 Å². The molecule has 0 radical (unpaired) electrons. The first kappa shape index (κ1) is 67.8. The molecule has 0 aromatic carbocycles. The molecule has 0 spiro atoms. The number of carboxylic acids is 5. The van der Waals surface area contributed by atoms with Crippen LogP contribution in [0.2, 0.25) is 0 Å². The predicted octanol–water partition coefficient (Wildman–Crippen LogP) is 0.528. The van der Waals surface area contributed by atoms with Crippen LogP contribution in [0.15, 0.2) is 0 Å². The molecule has 26 nitrogen and oxygen atoms in total. The third-order valence-corrected chi connectivity index (χ3v) is 10.3. The van der Waals surface area contributed by atoms with Gasteiger partial charge in [0.15, 0.2) is 11.2 Å².